The highest BCUT2D eigenvalue weighted by atomic mass is 16.6. The number of hydrogen-bond donors (Lipinski definition) is 0. The summed E-state index contributed by atoms with van der Waals surface area (Å²) >= 11 is 0. The Morgan fingerprint density at radius 2 is 1.48 bits per heavy atom. The van der Waals surface area contributed by atoms with Gasteiger partial charge < -0.3 is 0 Å². The molecule has 0 aromatic heterocycles. The lowest BCUT2D eigenvalue weighted by Crippen LogP contribution is -1.99. The summed E-state index contributed by atoms with van der Waals surface area (Å²) in [7, 11) is 0. The lowest BCUT2D eigenvalue weighted by atomic mass is 10.0. The third-order valence-electron chi connectivity index (χ3n) is 2.82. The Labute approximate surface area is 115 Å². The highest BCUT2D eigenvalue weighted by Crippen LogP contribution is 2.37. The quantitative estimate of drug-likeness (QED) is 0.477. The van der Waals surface area contributed by atoms with Crippen molar-refractivity contribution in [1.82, 2.24) is 0 Å². The molecule has 0 bridgehead atoms. The third-order valence-corrected chi connectivity index (χ3v) is 2.82. The topological polar surface area (TPSA) is 146 Å². The van der Waals surface area contributed by atoms with Crippen LogP contribution in [0, 0.1) is 30.3 Å². The molecule has 0 saturated heterocycles. The van der Waals surface area contributed by atoms with Crippen LogP contribution in [0.25, 0.3) is 10.8 Å². The molecule has 21 heavy (non-hydrogen) atoms. The third kappa shape index (κ3) is 2.25. The fourth-order valence-corrected chi connectivity index (χ4v) is 1.94. The van der Waals surface area contributed by atoms with Crippen LogP contribution in [0.1, 0.15) is 10.4 Å². The van der Waals surface area contributed by atoms with E-state index in [0.717, 1.165) is 24.3 Å². The van der Waals surface area contributed by atoms with Crippen LogP contribution in [0.2, 0.25) is 0 Å². The Balaban J connectivity index is 2.96. The molecule has 0 N–H and O–H groups in total. The predicted molar refractivity (Wildman–Crippen MR) is 69.3 cm³/mol. The Hall–Kier alpha value is -3.43. The van der Waals surface area contributed by atoms with E-state index < -0.39 is 37.4 Å². The Morgan fingerprint density at radius 1 is 0.857 bits per heavy atom. The smallest absolute Gasteiger partial charge is 0.298 e. The molecule has 0 aliphatic carbocycles. The van der Waals surface area contributed by atoms with Gasteiger partial charge in [-0.3, -0.25) is 35.1 Å². The number of rotatable bonds is 4. The number of nitro groups is 3. The van der Waals surface area contributed by atoms with E-state index in [4.69, 9.17) is 0 Å². The highest BCUT2D eigenvalue weighted by molar-refractivity contribution is 6.00. The number of carbonyl (C=O) groups excluding carboxylic acids is 1. The fraction of sp³-hybridized carbons (Fsp3) is 0. The number of nitro benzene ring substituents is 3. The lowest BCUT2D eigenvalue weighted by molar-refractivity contribution is -0.421. The van der Waals surface area contributed by atoms with Gasteiger partial charge in [0.2, 0.25) is 0 Å². The van der Waals surface area contributed by atoms with Gasteiger partial charge in [-0.05, 0) is 17.5 Å². The maximum Gasteiger partial charge on any atom is 0.353 e. The van der Waals surface area contributed by atoms with E-state index >= 15 is 0 Å². The normalized spacial score (nSPS) is 10.3. The van der Waals surface area contributed by atoms with Crippen LogP contribution in [0.3, 0.4) is 0 Å². The first kappa shape index (κ1) is 14.0. The molecule has 0 radical (unpaired) electrons. The van der Waals surface area contributed by atoms with Crippen LogP contribution < -0.4 is 0 Å². The van der Waals surface area contributed by atoms with Gasteiger partial charge >= 0.3 is 11.4 Å². The first-order chi connectivity index (χ1) is 9.86. The molecule has 0 unspecified atom stereocenters. The minimum Gasteiger partial charge on any atom is -0.298 e. The van der Waals surface area contributed by atoms with Crippen molar-refractivity contribution in [3.63, 3.8) is 0 Å². The van der Waals surface area contributed by atoms with Gasteiger partial charge in [0.05, 0.1) is 25.7 Å². The molecule has 0 atom stereocenters. The summed E-state index contributed by atoms with van der Waals surface area (Å²) in [6, 6.07) is 3.92. The zero-order chi connectivity index (χ0) is 15.7. The molecule has 10 nitrogen and oxygen atoms in total. The number of hydrogen-bond acceptors (Lipinski definition) is 7. The second kappa shape index (κ2) is 4.92. The molecule has 2 rings (SSSR count). The summed E-state index contributed by atoms with van der Waals surface area (Å²) < 4.78 is 0. The van der Waals surface area contributed by atoms with E-state index in [1.165, 1.54) is 0 Å². The summed E-state index contributed by atoms with van der Waals surface area (Å²) in [6.45, 7) is 0. The van der Waals surface area contributed by atoms with Crippen molar-refractivity contribution in [1.29, 1.82) is 0 Å². The summed E-state index contributed by atoms with van der Waals surface area (Å²) in [5, 5.41) is 32.5. The molecule has 0 fully saturated rings. The van der Waals surface area contributed by atoms with Crippen molar-refractivity contribution >= 4 is 34.1 Å². The van der Waals surface area contributed by atoms with Crippen molar-refractivity contribution in [3.8, 4) is 0 Å². The second-order valence-corrected chi connectivity index (χ2v) is 3.95. The van der Waals surface area contributed by atoms with Crippen molar-refractivity contribution in [3.05, 3.63) is 60.2 Å². The maximum atomic E-state index is 11.0. The molecule has 106 valence electrons. The van der Waals surface area contributed by atoms with Crippen LogP contribution in [0.4, 0.5) is 17.1 Å². The molecule has 0 heterocycles. The molecule has 0 aliphatic heterocycles. The lowest BCUT2D eigenvalue weighted by Gasteiger charge is -2.02. The molecule has 2 aromatic rings. The zero-order valence-corrected chi connectivity index (χ0v) is 10.1. The molecule has 2 aromatic carbocycles. The van der Waals surface area contributed by atoms with Crippen LogP contribution in [-0.2, 0) is 0 Å². The number of fused-ring (bicyclic) bond motifs is 1. The van der Waals surface area contributed by atoms with Gasteiger partial charge in [-0.25, -0.2) is 0 Å². The molecule has 0 spiro atoms. The number of carbonyl (C=O) groups is 1. The van der Waals surface area contributed by atoms with Crippen molar-refractivity contribution in [2.24, 2.45) is 0 Å². The van der Waals surface area contributed by atoms with E-state index in [1.54, 1.807) is 0 Å². The number of nitrogens with zero attached hydrogens (tertiary/aromatic N) is 3. The average Bonchev–Trinajstić information content (AvgIpc) is 2.43. The van der Waals surface area contributed by atoms with Crippen molar-refractivity contribution in [2.45, 2.75) is 0 Å². The Bertz CT molecular complexity index is 815. The monoisotopic (exact) mass is 291 g/mol. The first-order valence-electron chi connectivity index (χ1n) is 5.36. The zero-order valence-electron chi connectivity index (χ0n) is 10.1. The summed E-state index contributed by atoms with van der Waals surface area (Å²) in [5.74, 6) is 0. The van der Waals surface area contributed by atoms with Gasteiger partial charge in [0, 0.05) is 12.1 Å². The van der Waals surface area contributed by atoms with Crippen LogP contribution >= 0.6 is 0 Å². The van der Waals surface area contributed by atoms with Gasteiger partial charge in [-0.1, -0.05) is 0 Å². The number of aldehydes is 1. The average molecular weight is 291 g/mol. The van der Waals surface area contributed by atoms with E-state index in [2.05, 4.69) is 0 Å². The molecular weight excluding hydrogens is 286 g/mol. The van der Waals surface area contributed by atoms with Crippen LogP contribution in [-0.4, -0.2) is 21.1 Å². The molecular formula is C11H5N3O7. The van der Waals surface area contributed by atoms with Gasteiger partial charge in [-0.15, -0.1) is 0 Å². The molecule has 0 amide bonds. The standard InChI is InChI=1S/C11H5N3O7/c15-5-7-3-8-6(4-10(7)13(18)19)1-2-9(12(16)17)11(8)14(20)21/h1-5H. The molecule has 10 heteroatoms. The number of benzene rings is 2. The second-order valence-electron chi connectivity index (χ2n) is 3.95. The fourth-order valence-electron chi connectivity index (χ4n) is 1.94. The van der Waals surface area contributed by atoms with E-state index in [9.17, 15) is 35.1 Å². The van der Waals surface area contributed by atoms with E-state index in [-0.39, 0.29) is 17.1 Å². The van der Waals surface area contributed by atoms with Crippen molar-refractivity contribution < 1.29 is 19.6 Å². The van der Waals surface area contributed by atoms with Crippen LogP contribution in [0.5, 0.6) is 0 Å². The largest absolute Gasteiger partial charge is 0.353 e. The minimum absolute atomic E-state index is 0.0598. The van der Waals surface area contributed by atoms with E-state index in [0.29, 0.717) is 0 Å². The Kier molecular flexibility index (Phi) is 3.28. The molecule has 0 aliphatic rings. The SMILES string of the molecule is O=Cc1cc2c([N+](=O)[O-])c([N+](=O)[O-])ccc2cc1[N+](=O)[O-]. The van der Waals surface area contributed by atoms with Crippen LogP contribution in [0.15, 0.2) is 24.3 Å². The molecule has 0 saturated carbocycles. The maximum absolute atomic E-state index is 11.0. The van der Waals surface area contributed by atoms with Gasteiger partial charge in [0.15, 0.2) is 6.29 Å². The van der Waals surface area contributed by atoms with E-state index in [1.807, 2.05) is 0 Å². The van der Waals surface area contributed by atoms with Gasteiger partial charge in [0.25, 0.3) is 5.69 Å². The highest BCUT2D eigenvalue weighted by Gasteiger charge is 2.29. The first-order valence-corrected chi connectivity index (χ1v) is 5.36. The minimum atomic E-state index is -0.957. The van der Waals surface area contributed by atoms with Crippen molar-refractivity contribution in [2.75, 3.05) is 0 Å². The summed E-state index contributed by atoms with van der Waals surface area (Å²) in [6.07, 6.45) is 0.167. The van der Waals surface area contributed by atoms with Gasteiger partial charge in [-0.2, -0.15) is 0 Å². The summed E-state index contributed by atoms with van der Waals surface area (Å²) in [5.41, 5.74) is -2.48. The summed E-state index contributed by atoms with van der Waals surface area (Å²) in [4.78, 5) is 40.9. The predicted octanol–water partition coefficient (Wildman–Crippen LogP) is 2.38. The Morgan fingerprint density at radius 3 is 1.95 bits per heavy atom. The van der Waals surface area contributed by atoms with Gasteiger partial charge in [0.1, 0.15) is 0 Å².